The summed E-state index contributed by atoms with van der Waals surface area (Å²) in [5, 5.41) is 35.1. The van der Waals surface area contributed by atoms with Crippen LogP contribution >= 0.6 is 11.6 Å². The molecular formula is C20H17ClN4O7S. The van der Waals surface area contributed by atoms with Gasteiger partial charge in [-0.25, -0.2) is 8.42 Å². The minimum absolute atomic E-state index is 0.00479. The number of nitro groups is 1. The number of benzene rings is 3. The standard InChI is InChI=1S/C20H17ClN4O7S/c1-32-19-9-12(8-18(26)20(19)27)11-22-23-16-7-6-15(10-17(16)25(28)29)33(30,31)24-14-4-2-13(21)3-5-14/h2-11,23-24,26-27H,1H3/b22-11+. The van der Waals surface area contributed by atoms with E-state index >= 15 is 0 Å². The van der Waals surface area contributed by atoms with Crippen molar-refractivity contribution < 1.29 is 28.3 Å². The molecule has 0 aliphatic carbocycles. The normalized spacial score (nSPS) is 11.3. The number of nitrogens with one attached hydrogen (secondary N) is 2. The second kappa shape index (κ2) is 9.63. The van der Waals surface area contributed by atoms with Gasteiger partial charge < -0.3 is 14.9 Å². The number of hydrazone groups is 1. The van der Waals surface area contributed by atoms with Crippen molar-refractivity contribution in [3.05, 3.63) is 75.3 Å². The summed E-state index contributed by atoms with van der Waals surface area (Å²) in [6.07, 6.45) is 1.22. The van der Waals surface area contributed by atoms with Gasteiger partial charge in [0.15, 0.2) is 11.5 Å². The van der Waals surface area contributed by atoms with E-state index in [9.17, 15) is 28.7 Å². The van der Waals surface area contributed by atoms with Crippen LogP contribution in [0, 0.1) is 10.1 Å². The number of nitrogens with zero attached hydrogens (tertiary/aromatic N) is 2. The molecule has 3 aromatic rings. The Kier molecular flexibility index (Phi) is 6.89. The average Bonchev–Trinajstić information content (AvgIpc) is 2.77. The third-order valence-corrected chi connectivity index (χ3v) is 5.90. The Balaban J connectivity index is 1.84. The van der Waals surface area contributed by atoms with E-state index in [1.165, 1.54) is 61.9 Å². The van der Waals surface area contributed by atoms with E-state index in [1.807, 2.05) is 0 Å². The van der Waals surface area contributed by atoms with Crippen LogP contribution in [0.15, 0.2) is 64.6 Å². The van der Waals surface area contributed by atoms with Crippen LogP contribution in [0.2, 0.25) is 5.02 Å². The molecule has 33 heavy (non-hydrogen) atoms. The van der Waals surface area contributed by atoms with Gasteiger partial charge in [0.2, 0.25) is 5.75 Å². The van der Waals surface area contributed by atoms with Crippen LogP contribution in [-0.2, 0) is 10.0 Å². The lowest BCUT2D eigenvalue weighted by atomic mass is 10.2. The number of hydrogen-bond donors (Lipinski definition) is 4. The van der Waals surface area contributed by atoms with E-state index in [4.69, 9.17) is 16.3 Å². The predicted octanol–water partition coefficient (Wildman–Crippen LogP) is 3.91. The van der Waals surface area contributed by atoms with Crippen molar-refractivity contribution in [2.45, 2.75) is 4.90 Å². The molecule has 0 aromatic heterocycles. The van der Waals surface area contributed by atoms with Crippen molar-refractivity contribution >= 4 is 44.9 Å². The molecule has 0 unspecified atom stereocenters. The van der Waals surface area contributed by atoms with Gasteiger partial charge in [0.25, 0.3) is 15.7 Å². The van der Waals surface area contributed by atoms with Gasteiger partial charge in [-0.15, -0.1) is 0 Å². The SMILES string of the molecule is COc1cc(/C=N/Nc2ccc(S(=O)(=O)Nc3ccc(Cl)cc3)cc2[N+](=O)[O-])cc(O)c1O. The summed E-state index contributed by atoms with van der Waals surface area (Å²) in [7, 11) is -2.81. The highest BCUT2D eigenvalue weighted by Crippen LogP contribution is 2.36. The maximum absolute atomic E-state index is 12.6. The van der Waals surface area contributed by atoms with E-state index in [-0.39, 0.29) is 22.0 Å². The third-order valence-electron chi connectivity index (χ3n) is 4.27. The fraction of sp³-hybridized carbons (Fsp3) is 0.0500. The zero-order chi connectivity index (χ0) is 24.2. The van der Waals surface area contributed by atoms with Crippen LogP contribution in [0.25, 0.3) is 0 Å². The number of ether oxygens (including phenoxy) is 1. The molecule has 0 amide bonds. The Morgan fingerprint density at radius 3 is 2.45 bits per heavy atom. The molecule has 0 heterocycles. The molecule has 0 fully saturated rings. The molecule has 172 valence electrons. The number of hydrogen-bond acceptors (Lipinski definition) is 9. The van der Waals surface area contributed by atoms with Crippen LogP contribution in [0.1, 0.15) is 5.56 Å². The van der Waals surface area contributed by atoms with E-state index in [0.29, 0.717) is 10.6 Å². The van der Waals surface area contributed by atoms with Crippen molar-refractivity contribution in [3.63, 3.8) is 0 Å². The summed E-state index contributed by atoms with van der Waals surface area (Å²) in [6, 6.07) is 11.8. The van der Waals surface area contributed by atoms with Gasteiger partial charge in [-0.1, -0.05) is 11.6 Å². The Morgan fingerprint density at radius 2 is 1.82 bits per heavy atom. The van der Waals surface area contributed by atoms with Crippen LogP contribution in [0.4, 0.5) is 17.1 Å². The zero-order valence-corrected chi connectivity index (χ0v) is 18.5. The van der Waals surface area contributed by atoms with Crippen molar-refractivity contribution in [1.82, 2.24) is 0 Å². The zero-order valence-electron chi connectivity index (χ0n) is 16.9. The van der Waals surface area contributed by atoms with Gasteiger partial charge in [0, 0.05) is 22.3 Å². The van der Waals surface area contributed by atoms with E-state index < -0.39 is 32.1 Å². The summed E-state index contributed by atoms with van der Waals surface area (Å²) < 4.78 is 32.5. The summed E-state index contributed by atoms with van der Waals surface area (Å²) in [6.45, 7) is 0. The quantitative estimate of drug-likeness (QED) is 0.159. The minimum atomic E-state index is -4.11. The number of methoxy groups -OCH3 is 1. The Hall–Kier alpha value is -4.03. The van der Waals surface area contributed by atoms with Gasteiger partial charge in [-0.3, -0.25) is 20.3 Å². The lowest BCUT2D eigenvalue weighted by Gasteiger charge is -2.09. The molecular weight excluding hydrogens is 476 g/mol. The third kappa shape index (κ3) is 5.61. The van der Waals surface area contributed by atoms with Gasteiger partial charge >= 0.3 is 0 Å². The molecule has 3 aromatic carbocycles. The maximum atomic E-state index is 12.6. The van der Waals surface area contributed by atoms with Crippen molar-refractivity contribution in [2.75, 3.05) is 17.3 Å². The first kappa shape index (κ1) is 23.6. The van der Waals surface area contributed by atoms with Crippen LogP contribution in [0.3, 0.4) is 0 Å². The molecule has 0 saturated heterocycles. The average molecular weight is 493 g/mol. The van der Waals surface area contributed by atoms with Crippen LogP contribution in [0.5, 0.6) is 17.2 Å². The van der Waals surface area contributed by atoms with Crippen LogP contribution < -0.4 is 14.9 Å². The van der Waals surface area contributed by atoms with Crippen molar-refractivity contribution in [1.29, 1.82) is 0 Å². The first-order chi connectivity index (χ1) is 15.6. The molecule has 0 bridgehead atoms. The molecule has 11 nitrogen and oxygen atoms in total. The number of aromatic hydroxyl groups is 2. The van der Waals surface area contributed by atoms with Crippen molar-refractivity contribution in [3.8, 4) is 17.2 Å². The monoisotopic (exact) mass is 492 g/mol. The molecule has 0 atom stereocenters. The molecule has 0 saturated carbocycles. The summed E-state index contributed by atoms with van der Waals surface area (Å²) >= 11 is 5.78. The first-order valence-electron chi connectivity index (χ1n) is 9.06. The number of halogens is 1. The molecule has 4 N–H and O–H groups in total. The predicted molar refractivity (Wildman–Crippen MR) is 123 cm³/mol. The highest BCUT2D eigenvalue weighted by molar-refractivity contribution is 7.92. The van der Waals surface area contributed by atoms with E-state index in [2.05, 4.69) is 15.2 Å². The Morgan fingerprint density at radius 1 is 1.12 bits per heavy atom. The van der Waals surface area contributed by atoms with Crippen LogP contribution in [-0.4, -0.2) is 36.9 Å². The number of sulfonamides is 1. The smallest absolute Gasteiger partial charge is 0.295 e. The molecule has 0 radical (unpaired) electrons. The van der Waals surface area contributed by atoms with E-state index in [1.54, 1.807) is 0 Å². The number of phenols is 2. The highest BCUT2D eigenvalue weighted by atomic mass is 35.5. The van der Waals surface area contributed by atoms with Gasteiger partial charge in [0.05, 0.1) is 23.1 Å². The summed E-state index contributed by atoms with van der Waals surface area (Å²) in [5.74, 6) is -0.878. The highest BCUT2D eigenvalue weighted by Gasteiger charge is 2.21. The lowest BCUT2D eigenvalue weighted by Crippen LogP contribution is -2.13. The lowest BCUT2D eigenvalue weighted by molar-refractivity contribution is -0.384. The minimum Gasteiger partial charge on any atom is -0.504 e. The topological polar surface area (TPSA) is 163 Å². The van der Waals surface area contributed by atoms with E-state index in [0.717, 1.165) is 6.07 Å². The molecule has 0 aliphatic rings. The molecule has 0 spiro atoms. The second-order valence-electron chi connectivity index (χ2n) is 6.51. The number of rotatable bonds is 8. The largest absolute Gasteiger partial charge is 0.504 e. The second-order valence-corrected chi connectivity index (χ2v) is 8.63. The van der Waals surface area contributed by atoms with Gasteiger partial charge in [0.1, 0.15) is 5.69 Å². The summed E-state index contributed by atoms with van der Waals surface area (Å²) in [5.41, 5.74) is 2.42. The fourth-order valence-electron chi connectivity index (χ4n) is 2.68. The number of phenolic OH excluding ortho intramolecular Hbond substituents is 2. The number of anilines is 2. The Labute approximate surface area is 193 Å². The molecule has 3 rings (SSSR count). The summed E-state index contributed by atoms with van der Waals surface area (Å²) in [4.78, 5) is 10.4. The van der Waals surface area contributed by atoms with Gasteiger partial charge in [-0.05, 0) is 48.5 Å². The molecule has 13 heteroatoms. The molecule has 0 aliphatic heterocycles. The first-order valence-corrected chi connectivity index (χ1v) is 10.9. The number of nitro benzene ring substituents is 1. The van der Waals surface area contributed by atoms with Gasteiger partial charge in [-0.2, -0.15) is 5.10 Å². The fourth-order valence-corrected chi connectivity index (χ4v) is 3.88. The maximum Gasteiger partial charge on any atom is 0.295 e. The van der Waals surface area contributed by atoms with Crippen molar-refractivity contribution in [2.24, 2.45) is 5.10 Å². The Bertz CT molecular complexity index is 1330.